The number of H-pyrrole nitrogens is 1. The third-order valence-electron chi connectivity index (χ3n) is 6.35. The zero-order valence-corrected chi connectivity index (χ0v) is 21.6. The number of nitrogens with one attached hydrogen (secondary N) is 2. The van der Waals surface area contributed by atoms with E-state index in [1.165, 1.54) is 28.4 Å². The summed E-state index contributed by atoms with van der Waals surface area (Å²) in [6, 6.07) is 2.05. The molecule has 1 aromatic heterocycles. The van der Waals surface area contributed by atoms with Crippen molar-refractivity contribution < 1.29 is 42.9 Å². The minimum Gasteiger partial charge on any atom is -0.469 e. The number of esters is 4. The maximum Gasteiger partial charge on any atom is 0.310 e. The molecule has 0 spiro atoms. The van der Waals surface area contributed by atoms with Crippen molar-refractivity contribution >= 4 is 29.8 Å². The maximum absolute atomic E-state index is 12.9. The van der Waals surface area contributed by atoms with E-state index in [-0.39, 0.29) is 56.2 Å². The second-order valence-corrected chi connectivity index (χ2v) is 8.63. The summed E-state index contributed by atoms with van der Waals surface area (Å²) in [4.78, 5) is 63.9. The maximum atomic E-state index is 12.9. The molecule has 12 nitrogen and oxygen atoms in total. The number of nitriles is 1. The zero-order chi connectivity index (χ0) is 27.8. The van der Waals surface area contributed by atoms with Crippen molar-refractivity contribution in [3.63, 3.8) is 0 Å². The predicted octanol–water partition coefficient (Wildman–Crippen LogP) is 0.951. The Morgan fingerprint density at radius 2 is 1.38 bits per heavy atom. The number of rotatable bonds is 12. The highest BCUT2D eigenvalue weighted by molar-refractivity contribution is 6.00. The van der Waals surface area contributed by atoms with Gasteiger partial charge in [0.15, 0.2) is 0 Å². The summed E-state index contributed by atoms with van der Waals surface area (Å²) in [5, 5.41) is 12.6. The third-order valence-corrected chi connectivity index (χ3v) is 6.35. The summed E-state index contributed by atoms with van der Waals surface area (Å²) in [7, 11) is 4.95. The molecule has 0 saturated carbocycles. The molecule has 0 fully saturated rings. The lowest BCUT2D eigenvalue weighted by Crippen LogP contribution is -2.44. The van der Waals surface area contributed by atoms with Gasteiger partial charge in [0, 0.05) is 30.5 Å². The average Bonchev–Trinajstić information content (AvgIpc) is 3.32. The molecule has 1 atom stereocenters. The molecule has 1 unspecified atom stereocenters. The average molecular weight is 518 g/mol. The van der Waals surface area contributed by atoms with Gasteiger partial charge in [-0.25, -0.2) is 0 Å². The minimum atomic E-state index is -1.11. The normalized spacial score (nSPS) is 16.6. The molecular formula is C25H31N3O9. The van der Waals surface area contributed by atoms with Gasteiger partial charge in [-0.05, 0) is 36.5 Å². The van der Waals surface area contributed by atoms with E-state index in [1.54, 1.807) is 6.92 Å². The summed E-state index contributed by atoms with van der Waals surface area (Å²) >= 11 is 0. The Morgan fingerprint density at radius 3 is 1.92 bits per heavy atom. The van der Waals surface area contributed by atoms with Crippen LogP contribution in [0.5, 0.6) is 0 Å². The monoisotopic (exact) mass is 517 g/mol. The van der Waals surface area contributed by atoms with Gasteiger partial charge >= 0.3 is 23.9 Å². The molecule has 0 aliphatic carbocycles. The molecule has 37 heavy (non-hydrogen) atoms. The van der Waals surface area contributed by atoms with Gasteiger partial charge in [-0.15, -0.1) is 0 Å². The Labute approximate surface area is 214 Å². The molecular weight excluding hydrogens is 486 g/mol. The van der Waals surface area contributed by atoms with Gasteiger partial charge in [-0.2, -0.15) is 5.26 Å². The van der Waals surface area contributed by atoms with Gasteiger partial charge in [-0.1, -0.05) is 0 Å². The Balaban J connectivity index is 2.57. The Hall–Kier alpha value is -4.14. The van der Waals surface area contributed by atoms with E-state index < -0.39 is 35.3 Å². The van der Waals surface area contributed by atoms with Crippen LogP contribution in [0.4, 0.5) is 0 Å². The number of aromatic amines is 1. The lowest BCUT2D eigenvalue weighted by atomic mass is 9.83. The number of amides is 1. The fourth-order valence-corrected chi connectivity index (χ4v) is 4.40. The number of ether oxygens (including phenoxy) is 4. The van der Waals surface area contributed by atoms with Crippen LogP contribution < -0.4 is 5.32 Å². The summed E-state index contributed by atoms with van der Waals surface area (Å²) in [5.41, 5.74) is 1.14. The van der Waals surface area contributed by atoms with E-state index in [0.717, 1.165) is 0 Å². The summed E-state index contributed by atoms with van der Waals surface area (Å²) in [6.07, 6.45) is -0.218. The lowest BCUT2D eigenvalue weighted by Gasteiger charge is -2.28. The van der Waals surface area contributed by atoms with Crippen LogP contribution in [0.15, 0.2) is 11.1 Å². The van der Waals surface area contributed by atoms with Crippen LogP contribution in [0, 0.1) is 11.3 Å². The van der Waals surface area contributed by atoms with E-state index in [0.29, 0.717) is 22.4 Å². The van der Waals surface area contributed by atoms with Gasteiger partial charge in [0.25, 0.3) is 0 Å². The molecule has 2 heterocycles. The number of carbonyl (C=O) groups is 5. The van der Waals surface area contributed by atoms with E-state index >= 15 is 0 Å². The van der Waals surface area contributed by atoms with E-state index in [1.807, 2.05) is 0 Å². The van der Waals surface area contributed by atoms with Crippen LogP contribution in [0.1, 0.15) is 55.1 Å². The van der Waals surface area contributed by atoms with Gasteiger partial charge in [0.2, 0.25) is 5.91 Å². The number of carbonyl (C=O) groups excluding carboxylic acids is 5. The van der Waals surface area contributed by atoms with Gasteiger partial charge in [0.1, 0.15) is 11.8 Å². The zero-order valence-electron chi connectivity index (χ0n) is 21.6. The molecule has 1 aliphatic rings. The first kappa shape index (κ1) is 29.1. The largest absolute Gasteiger partial charge is 0.469 e. The molecule has 1 aliphatic heterocycles. The van der Waals surface area contributed by atoms with Crippen LogP contribution in [0.25, 0.3) is 0 Å². The molecule has 0 aromatic carbocycles. The van der Waals surface area contributed by atoms with Gasteiger partial charge in [0.05, 0.1) is 46.8 Å². The van der Waals surface area contributed by atoms with Gasteiger partial charge < -0.3 is 29.2 Å². The quantitative estimate of drug-likeness (QED) is 0.300. The molecule has 12 heteroatoms. The molecule has 0 saturated heterocycles. The molecule has 2 rings (SSSR count). The highest BCUT2D eigenvalue weighted by atomic mass is 16.5. The molecule has 0 bridgehead atoms. The molecule has 2 N–H and O–H groups in total. The molecule has 200 valence electrons. The third kappa shape index (κ3) is 6.97. The van der Waals surface area contributed by atoms with Crippen LogP contribution in [0.2, 0.25) is 0 Å². The topological polar surface area (TPSA) is 174 Å². The molecule has 0 radical (unpaired) electrons. The number of methoxy groups -OCH3 is 4. The smallest absolute Gasteiger partial charge is 0.310 e. The molecule has 1 aromatic rings. The second-order valence-electron chi connectivity index (χ2n) is 8.63. The summed E-state index contributed by atoms with van der Waals surface area (Å²) in [5.74, 6) is -2.58. The lowest BCUT2D eigenvalue weighted by molar-refractivity contribution is -0.141. The summed E-state index contributed by atoms with van der Waals surface area (Å²) in [6.45, 7) is 1.71. The van der Waals surface area contributed by atoms with Crippen molar-refractivity contribution in [2.24, 2.45) is 0 Å². The number of hydrogen-bond acceptors (Lipinski definition) is 10. The van der Waals surface area contributed by atoms with E-state index in [2.05, 4.69) is 21.1 Å². The first-order valence-corrected chi connectivity index (χ1v) is 11.5. The standard InChI is InChI=1S/C25H31N3O9/c1-25(17(11-23(32)37-5)15(24(33)28-25)7-9-21(30)35-3)12-18-16(10-22(31)36-4)14(19(13-26)27-18)6-8-20(29)34-2/h27H,6-12H2,1-5H3,(H,28,33). The van der Waals surface area contributed by atoms with Crippen LogP contribution in [0.3, 0.4) is 0 Å². The number of hydrogen-bond donors (Lipinski definition) is 2. The second kappa shape index (κ2) is 12.7. The number of aromatic nitrogens is 1. The Morgan fingerprint density at radius 1 is 0.838 bits per heavy atom. The predicted molar refractivity (Wildman–Crippen MR) is 127 cm³/mol. The molecule has 1 amide bonds. The fraction of sp³-hybridized carbons (Fsp3) is 0.520. The highest BCUT2D eigenvalue weighted by Gasteiger charge is 2.43. The van der Waals surface area contributed by atoms with Gasteiger partial charge in [-0.3, -0.25) is 24.0 Å². The first-order valence-electron chi connectivity index (χ1n) is 11.5. The Bertz CT molecular complexity index is 1160. The van der Waals surface area contributed by atoms with Crippen molar-refractivity contribution in [1.29, 1.82) is 5.26 Å². The Kier molecular flexibility index (Phi) is 9.99. The van der Waals surface area contributed by atoms with E-state index in [9.17, 15) is 29.2 Å². The number of nitrogens with zero attached hydrogens (tertiary/aromatic N) is 1. The van der Waals surface area contributed by atoms with Crippen LogP contribution in [-0.2, 0) is 62.2 Å². The fourth-order valence-electron chi connectivity index (χ4n) is 4.40. The highest BCUT2D eigenvalue weighted by Crippen LogP contribution is 2.36. The van der Waals surface area contributed by atoms with Crippen molar-refractivity contribution in [3.8, 4) is 6.07 Å². The SMILES string of the molecule is COC(=O)CCC1=C(CC(=O)OC)C(C)(Cc2[nH]c(C#N)c(CCC(=O)OC)c2CC(=O)OC)NC1=O. The van der Waals surface area contributed by atoms with Crippen LogP contribution in [-0.4, -0.2) is 68.7 Å². The van der Waals surface area contributed by atoms with Crippen LogP contribution >= 0.6 is 0 Å². The van der Waals surface area contributed by atoms with Crippen molar-refractivity contribution in [3.05, 3.63) is 33.7 Å². The van der Waals surface area contributed by atoms with Crippen molar-refractivity contribution in [1.82, 2.24) is 10.3 Å². The van der Waals surface area contributed by atoms with Crippen molar-refractivity contribution in [2.45, 2.75) is 57.4 Å². The van der Waals surface area contributed by atoms with E-state index in [4.69, 9.17) is 14.2 Å². The summed E-state index contributed by atoms with van der Waals surface area (Å²) < 4.78 is 19.0. The first-order chi connectivity index (χ1) is 17.5. The minimum absolute atomic E-state index is 0.0180. The van der Waals surface area contributed by atoms with Crippen molar-refractivity contribution in [2.75, 3.05) is 28.4 Å².